The number of nitrogens with one attached hydrogen (secondary N) is 2. The summed E-state index contributed by atoms with van der Waals surface area (Å²) in [7, 11) is 0. The number of esters is 2. The summed E-state index contributed by atoms with van der Waals surface area (Å²) in [4.78, 5) is 55.5. The minimum absolute atomic E-state index is 0.0150. The minimum Gasteiger partial charge on any atom is -0.463 e. The molecule has 14 nitrogen and oxygen atoms in total. The standard InChI is InChI=1S/C23H27ClN4O4.C23H29ClN2O4.C2H6/c1-4-32-22(30)21-17(13-31-10-9-26-28-25)27-16-11-23(2,3)12-18(29)20(16)19(21)14-7-5-6-8-15(14)24;1-4-30-22(28)21-17(13-29-10-9-25)26-16-11-23(2,3)12-18(27)20(16)19(21)14-7-5-6-8-15(14)24;1-2/h5-8,19,27H,4,9-13H2,1-3H3;5-8,19,26H,4,9-13,25H2,1-3H3;1-2H3. The smallest absolute Gasteiger partial charge is 0.336 e. The molecule has 0 spiro atoms. The van der Waals surface area contributed by atoms with E-state index in [1.165, 1.54) is 0 Å². The summed E-state index contributed by atoms with van der Waals surface area (Å²) >= 11 is 13.1. The van der Waals surface area contributed by atoms with Crippen molar-refractivity contribution in [3.05, 3.63) is 125 Å². The molecule has 0 saturated heterocycles. The Morgan fingerprint density at radius 2 is 1.14 bits per heavy atom. The Kier molecular flexibility index (Phi) is 19.2. The van der Waals surface area contributed by atoms with Crippen molar-refractivity contribution in [1.29, 1.82) is 0 Å². The average molecular weight is 922 g/mol. The first-order valence-electron chi connectivity index (χ1n) is 21.8. The fourth-order valence-electron chi connectivity index (χ4n) is 8.45. The molecule has 0 radical (unpaired) electrons. The second-order valence-corrected chi connectivity index (χ2v) is 17.7. The molecule has 4 aliphatic rings. The quantitative estimate of drug-likeness (QED) is 0.0505. The lowest BCUT2D eigenvalue weighted by Gasteiger charge is -2.40. The number of azide groups is 1. The summed E-state index contributed by atoms with van der Waals surface area (Å²) in [5, 5.41) is 11.1. The van der Waals surface area contributed by atoms with Gasteiger partial charge in [-0.1, -0.05) is 106 Å². The van der Waals surface area contributed by atoms with Gasteiger partial charge in [-0.2, -0.15) is 0 Å². The predicted molar refractivity (Wildman–Crippen MR) is 248 cm³/mol. The van der Waals surface area contributed by atoms with E-state index in [4.69, 9.17) is 53.4 Å². The molecule has 0 amide bonds. The number of rotatable bonds is 15. The zero-order valence-corrected chi connectivity index (χ0v) is 39.7. The van der Waals surface area contributed by atoms with Crippen molar-refractivity contribution < 1.29 is 38.1 Å². The lowest BCUT2D eigenvalue weighted by Crippen LogP contribution is -2.40. The van der Waals surface area contributed by atoms with Crippen LogP contribution in [0.4, 0.5) is 0 Å². The first kappa shape index (κ1) is 51.7. The summed E-state index contributed by atoms with van der Waals surface area (Å²) in [6.45, 7) is 17.4. The van der Waals surface area contributed by atoms with Crippen LogP contribution in [0, 0.1) is 10.8 Å². The van der Waals surface area contributed by atoms with Gasteiger partial charge in [-0.3, -0.25) is 9.59 Å². The van der Waals surface area contributed by atoms with Crippen LogP contribution in [0.3, 0.4) is 0 Å². The SMILES string of the molecule is CC.CCOC(=O)C1=C(COCCN)NC2=C(C(=O)CC(C)(C)C2)C1c1ccccc1Cl.CCOC(=O)C1=C(COCCN=[N+]=[N-])NC2=C(C(=O)CC(C)(C)C2)C1c1ccccc1Cl. The number of Topliss-reactive ketones (excluding diaryl/α,β-unsaturated/α-hetero) is 2. The highest BCUT2D eigenvalue weighted by atomic mass is 35.5. The number of carbonyl (C=O) groups excluding carboxylic acids is 4. The van der Waals surface area contributed by atoms with Gasteiger partial charge in [0.1, 0.15) is 0 Å². The Labute approximate surface area is 386 Å². The van der Waals surface area contributed by atoms with Gasteiger partial charge < -0.3 is 35.3 Å². The number of carbonyl (C=O) groups is 4. The van der Waals surface area contributed by atoms with E-state index in [0.717, 1.165) is 11.4 Å². The van der Waals surface area contributed by atoms with Gasteiger partial charge in [0.2, 0.25) is 0 Å². The van der Waals surface area contributed by atoms with Crippen molar-refractivity contribution in [3.63, 3.8) is 0 Å². The Bertz CT molecular complexity index is 2240. The molecule has 2 aliphatic carbocycles. The number of ketones is 2. The number of ether oxygens (including phenoxy) is 4. The Balaban J connectivity index is 0.000000271. The van der Waals surface area contributed by atoms with Crippen LogP contribution in [0.15, 0.2) is 98.7 Å². The molecule has 2 aromatic rings. The molecule has 0 bridgehead atoms. The first-order valence-corrected chi connectivity index (χ1v) is 22.6. The van der Waals surface area contributed by atoms with Crippen molar-refractivity contribution in [1.82, 2.24) is 10.6 Å². The Morgan fingerprint density at radius 1 is 0.734 bits per heavy atom. The van der Waals surface area contributed by atoms with E-state index in [1.54, 1.807) is 26.0 Å². The van der Waals surface area contributed by atoms with Crippen molar-refractivity contribution >= 4 is 46.7 Å². The van der Waals surface area contributed by atoms with Crippen LogP contribution in [0.25, 0.3) is 10.4 Å². The first-order chi connectivity index (χ1) is 30.6. The molecule has 2 aromatic carbocycles. The molecule has 346 valence electrons. The Morgan fingerprint density at radius 3 is 1.52 bits per heavy atom. The van der Waals surface area contributed by atoms with E-state index < -0.39 is 23.8 Å². The minimum atomic E-state index is -0.654. The Hall–Kier alpha value is -4.95. The van der Waals surface area contributed by atoms with Gasteiger partial charge in [0, 0.05) is 75.3 Å². The van der Waals surface area contributed by atoms with Crippen molar-refractivity contribution in [2.24, 2.45) is 21.7 Å². The highest BCUT2D eigenvalue weighted by molar-refractivity contribution is 6.32. The number of hydrogen-bond donors (Lipinski definition) is 3. The lowest BCUT2D eigenvalue weighted by molar-refractivity contribution is -0.140. The largest absolute Gasteiger partial charge is 0.463 e. The zero-order chi connectivity index (χ0) is 47.2. The van der Waals surface area contributed by atoms with E-state index in [2.05, 4.69) is 34.5 Å². The van der Waals surface area contributed by atoms with E-state index in [1.807, 2.05) is 64.1 Å². The van der Waals surface area contributed by atoms with Gasteiger partial charge in [-0.25, -0.2) is 9.59 Å². The number of nitrogens with zero attached hydrogens (tertiary/aromatic N) is 3. The third-order valence-corrected chi connectivity index (χ3v) is 11.5. The molecule has 4 N–H and O–H groups in total. The number of benzene rings is 2. The van der Waals surface area contributed by atoms with Crippen LogP contribution in [0.5, 0.6) is 0 Å². The second-order valence-electron chi connectivity index (χ2n) is 16.9. The van der Waals surface area contributed by atoms with Crippen LogP contribution < -0.4 is 16.4 Å². The lowest BCUT2D eigenvalue weighted by atomic mass is 9.68. The number of allylic oxidation sites excluding steroid dienone is 4. The number of halogens is 2. The maximum absolute atomic E-state index is 13.3. The molecule has 16 heteroatoms. The molecule has 0 saturated carbocycles. The molecular formula is C48H62Cl2N6O8. The summed E-state index contributed by atoms with van der Waals surface area (Å²) < 4.78 is 22.1. The van der Waals surface area contributed by atoms with Crippen molar-refractivity contribution in [2.45, 2.75) is 92.9 Å². The van der Waals surface area contributed by atoms with Crippen molar-refractivity contribution in [3.8, 4) is 0 Å². The topological polar surface area (TPSA) is 204 Å². The second kappa shape index (κ2) is 23.8. The van der Waals surface area contributed by atoms with Gasteiger partial charge in [0.15, 0.2) is 11.6 Å². The highest BCUT2D eigenvalue weighted by Crippen LogP contribution is 2.50. The summed E-state index contributed by atoms with van der Waals surface area (Å²) in [5.41, 5.74) is 19.5. The third kappa shape index (κ3) is 12.6. The van der Waals surface area contributed by atoms with Gasteiger partial charge in [0.05, 0.1) is 62.2 Å². The maximum atomic E-state index is 13.3. The summed E-state index contributed by atoms with van der Waals surface area (Å²) in [6.07, 6.45) is 2.12. The predicted octanol–water partition coefficient (Wildman–Crippen LogP) is 9.30. The van der Waals surface area contributed by atoms with Gasteiger partial charge in [-0.05, 0) is 66.3 Å². The van der Waals surface area contributed by atoms with Crippen LogP contribution in [-0.4, -0.2) is 76.2 Å². The van der Waals surface area contributed by atoms with Gasteiger partial charge in [0.25, 0.3) is 0 Å². The highest BCUT2D eigenvalue weighted by Gasteiger charge is 2.46. The van der Waals surface area contributed by atoms with E-state index >= 15 is 0 Å². The van der Waals surface area contributed by atoms with Crippen LogP contribution in [-0.2, 0) is 38.1 Å². The molecule has 64 heavy (non-hydrogen) atoms. The summed E-state index contributed by atoms with van der Waals surface area (Å²) in [6, 6.07) is 14.5. The number of nitrogens with two attached hydrogens (primary N) is 1. The molecule has 2 aliphatic heterocycles. The molecular weight excluding hydrogens is 859 g/mol. The maximum Gasteiger partial charge on any atom is 0.336 e. The fraction of sp³-hybridized carbons (Fsp3) is 0.500. The molecule has 0 fully saturated rings. The molecule has 2 heterocycles. The van der Waals surface area contributed by atoms with E-state index in [-0.39, 0.29) is 62.0 Å². The van der Waals surface area contributed by atoms with Gasteiger partial charge >= 0.3 is 11.9 Å². The van der Waals surface area contributed by atoms with Crippen LogP contribution in [0.1, 0.15) is 104 Å². The molecule has 0 aromatic heterocycles. The van der Waals surface area contributed by atoms with Crippen LogP contribution in [0.2, 0.25) is 10.0 Å². The number of dihydropyridines is 2. The molecule has 2 atom stereocenters. The average Bonchev–Trinajstić information content (AvgIpc) is 3.23. The number of hydrogen-bond acceptors (Lipinski definition) is 12. The third-order valence-electron chi connectivity index (χ3n) is 10.8. The fourth-order valence-corrected chi connectivity index (χ4v) is 8.94. The van der Waals surface area contributed by atoms with Crippen molar-refractivity contribution in [2.75, 3.05) is 52.7 Å². The summed E-state index contributed by atoms with van der Waals surface area (Å²) in [5.74, 6) is -2.26. The van der Waals surface area contributed by atoms with Gasteiger partial charge in [-0.15, -0.1) is 0 Å². The zero-order valence-electron chi connectivity index (χ0n) is 38.2. The van der Waals surface area contributed by atoms with E-state index in [9.17, 15) is 19.2 Å². The monoisotopic (exact) mass is 920 g/mol. The molecule has 2 unspecified atom stereocenters. The van der Waals surface area contributed by atoms with Crippen LogP contribution >= 0.6 is 23.2 Å². The van der Waals surface area contributed by atoms with E-state index in [0.29, 0.717) is 93.7 Å². The normalized spacial score (nSPS) is 19.7. The molecule has 6 rings (SSSR count).